The van der Waals surface area contributed by atoms with Crippen LogP contribution in [0.3, 0.4) is 0 Å². The highest BCUT2D eigenvalue weighted by Crippen LogP contribution is 2.35. The number of rotatable bonds is 7. The maximum atomic E-state index is 12.4. The maximum absolute atomic E-state index is 12.4. The molecule has 0 bridgehead atoms. The van der Waals surface area contributed by atoms with Crippen LogP contribution in [0, 0.1) is 10.1 Å². The number of nitrogens with one attached hydrogen (secondary N) is 1. The Morgan fingerprint density at radius 1 is 1.11 bits per heavy atom. The number of anilines is 1. The average Bonchev–Trinajstić information content (AvgIpc) is 2.68. The maximum Gasteiger partial charge on any atom is 0.346 e. The van der Waals surface area contributed by atoms with Gasteiger partial charge in [-0.3, -0.25) is 14.9 Å². The van der Waals surface area contributed by atoms with Crippen molar-refractivity contribution >= 4 is 34.9 Å². The first-order valence-electron chi connectivity index (χ1n) is 7.94. The van der Waals surface area contributed by atoms with Crippen molar-refractivity contribution in [2.24, 2.45) is 0 Å². The van der Waals surface area contributed by atoms with Crippen molar-refractivity contribution in [1.82, 2.24) is 0 Å². The Labute approximate surface area is 165 Å². The highest BCUT2D eigenvalue weighted by Gasteiger charge is 2.28. The first-order valence-corrected chi connectivity index (χ1v) is 8.32. The third-order valence-corrected chi connectivity index (χ3v) is 3.94. The Kier molecular flexibility index (Phi) is 6.78. The number of halogens is 1. The van der Waals surface area contributed by atoms with E-state index >= 15 is 0 Å². The van der Waals surface area contributed by atoms with Gasteiger partial charge in [-0.1, -0.05) is 11.6 Å². The number of carbonyl (C=O) groups excluding carboxylic acids is 2. The van der Waals surface area contributed by atoms with Gasteiger partial charge in [0.25, 0.3) is 11.6 Å². The predicted molar refractivity (Wildman–Crippen MR) is 101 cm³/mol. The highest BCUT2D eigenvalue weighted by molar-refractivity contribution is 6.30. The number of nitrogens with zero attached hydrogens (tertiary/aromatic N) is 1. The first-order chi connectivity index (χ1) is 13.3. The smallest absolute Gasteiger partial charge is 0.346 e. The van der Waals surface area contributed by atoms with Crippen molar-refractivity contribution in [2.45, 2.75) is 13.0 Å². The molecule has 10 heteroatoms. The Morgan fingerprint density at radius 3 is 2.21 bits per heavy atom. The number of nitro benzene ring substituents is 1. The molecule has 2 rings (SSSR count). The van der Waals surface area contributed by atoms with Crippen molar-refractivity contribution in [3.05, 3.63) is 57.1 Å². The Hall–Kier alpha value is -3.33. The van der Waals surface area contributed by atoms with Crippen molar-refractivity contribution in [3.63, 3.8) is 0 Å². The molecular formula is C18H17ClN2O7. The lowest BCUT2D eigenvalue weighted by molar-refractivity contribution is -0.385. The van der Waals surface area contributed by atoms with Crippen molar-refractivity contribution in [2.75, 3.05) is 19.5 Å². The number of carbonyl (C=O) groups is 2. The van der Waals surface area contributed by atoms with Crippen molar-refractivity contribution in [1.29, 1.82) is 0 Å². The third kappa shape index (κ3) is 4.89. The molecule has 0 aliphatic heterocycles. The Bertz CT molecular complexity index is 900. The molecule has 0 spiro atoms. The molecule has 0 saturated carbocycles. The fourth-order valence-electron chi connectivity index (χ4n) is 2.24. The molecule has 1 N–H and O–H groups in total. The molecule has 0 aromatic heterocycles. The number of methoxy groups -OCH3 is 2. The van der Waals surface area contributed by atoms with Gasteiger partial charge in [-0.25, -0.2) is 4.79 Å². The van der Waals surface area contributed by atoms with Gasteiger partial charge in [0.1, 0.15) is 5.56 Å². The first kappa shape index (κ1) is 21.0. The predicted octanol–water partition coefficient (Wildman–Crippen LogP) is 3.45. The van der Waals surface area contributed by atoms with Gasteiger partial charge >= 0.3 is 5.97 Å². The van der Waals surface area contributed by atoms with Crippen LogP contribution in [-0.4, -0.2) is 37.1 Å². The van der Waals surface area contributed by atoms with Crippen LogP contribution in [0.4, 0.5) is 11.4 Å². The second-order valence-corrected chi connectivity index (χ2v) is 5.96. The number of benzene rings is 2. The van der Waals surface area contributed by atoms with E-state index in [4.69, 9.17) is 25.8 Å². The van der Waals surface area contributed by atoms with E-state index in [9.17, 15) is 19.7 Å². The Balaban J connectivity index is 2.19. The summed E-state index contributed by atoms with van der Waals surface area (Å²) in [5.41, 5.74) is -0.448. The molecule has 9 nitrogen and oxygen atoms in total. The van der Waals surface area contributed by atoms with Gasteiger partial charge < -0.3 is 19.5 Å². The SMILES string of the molecule is COc1cc(C(=O)OC(C)C(=O)Nc2ccc(Cl)cc2)c([N+](=O)[O-])cc1OC. The van der Waals surface area contributed by atoms with Crippen LogP contribution in [-0.2, 0) is 9.53 Å². The molecule has 0 fully saturated rings. The lowest BCUT2D eigenvalue weighted by Gasteiger charge is -2.15. The molecular weight excluding hydrogens is 392 g/mol. The number of nitro groups is 1. The average molecular weight is 409 g/mol. The minimum atomic E-state index is -1.21. The third-order valence-electron chi connectivity index (χ3n) is 3.68. The summed E-state index contributed by atoms with van der Waals surface area (Å²) in [4.78, 5) is 35.2. The molecule has 0 radical (unpaired) electrons. The molecule has 1 unspecified atom stereocenters. The standard InChI is InChI=1S/C18H17ClN2O7/c1-10(17(22)20-12-6-4-11(19)5-7-12)28-18(23)13-8-15(26-2)16(27-3)9-14(13)21(24)25/h4-10H,1-3H3,(H,20,22). The zero-order chi connectivity index (χ0) is 20.8. The van der Waals surface area contributed by atoms with Gasteiger partial charge in [-0.05, 0) is 31.2 Å². The molecule has 0 aliphatic carbocycles. The molecule has 148 valence electrons. The molecule has 0 heterocycles. The van der Waals surface area contributed by atoms with E-state index in [-0.39, 0.29) is 17.1 Å². The monoisotopic (exact) mass is 408 g/mol. The van der Waals surface area contributed by atoms with Crippen LogP contribution >= 0.6 is 11.6 Å². The minimum absolute atomic E-state index is 0.0827. The van der Waals surface area contributed by atoms with Crippen LogP contribution in [0.2, 0.25) is 5.02 Å². The van der Waals surface area contributed by atoms with E-state index in [1.807, 2.05) is 0 Å². The summed E-state index contributed by atoms with van der Waals surface area (Å²) in [6.07, 6.45) is -1.21. The highest BCUT2D eigenvalue weighted by atomic mass is 35.5. The fourth-order valence-corrected chi connectivity index (χ4v) is 2.36. The van der Waals surface area contributed by atoms with Gasteiger partial charge in [0.2, 0.25) is 0 Å². The van der Waals surface area contributed by atoms with Crippen molar-refractivity contribution in [3.8, 4) is 11.5 Å². The van der Waals surface area contributed by atoms with Crippen LogP contribution in [0.25, 0.3) is 0 Å². The lowest BCUT2D eigenvalue weighted by Crippen LogP contribution is -2.30. The van der Waals surface area contributed by atoms with E-state index in [0.29, 0.717) is 10.7 Å². The topological polar surface area (TPSA) is 117 Å². The largest absolute Gasteiger partial charge is 0.493 e. The minimum Gasteiger partial charge on any atom is -0.493 e. The second-order valence-electron chi connectivity index (χ2n) is 5.53. The summed E-state index contributed by atoms with van der Waals surface area (Å²) in [6, 6.07) is 8.50. The van der Waals surface area contributed by atoms with Gasteiger partial charge in [0.15, 0.2) is 17.6 Å². The summed E-state index contributed by atoms with van der Waals surface area (Å²) in [7, 11) is 2.63. The second kappa shape index (κ2) is 9.05. The van der Waals surface area contributed by atoms with Crippen LogP contribution in [0.5, 0.6) is 11.5 Å². The van der Waals surface area contributed by atoms with Gasteiger partial charge in [0.05, 0.1) is 25.2 Å². The van der Waals surface area contributed by atoms with E-state index in [2.05, 4.69) is 5.32 Å². The summed E-state index contributed by atoms with van der Waals surface area (Å²) in [5, 5.41) is 14.3. The van der Waals surface area contributed by atoms with Gasteiger partial charge in [-0.15, -0.1) is 0 Å². The molecule has 0 aliphatic rings. The van der Waals surface area contributed by atoms with Crippen LogP contribution in [0.1, 0.15) is 17.3 Å². The number of ether oxygens (including phenoxy) is 3. The fraction of sp³-hybridized carbons (Fsp3) is 0.222. The normalized spacial score (nSPS) is 11.3. The molecule has 1 amide bonds. The molecule has 2 aromatic rings. The number of hydrogen-bond acceptors (Lipinski definition) is 7. The zero-order valence-electron chi connectivity index (χ0n) is 15.2. The summed E-state index contributed by atoms with van der Waals surface area (Å²) < 4.78 is 15.1. The van der Waals surface area contributed by atoms with Crippen molar-refractivity contribution < 1.29 is 28.7 Å². The molecule has 0 saturated heterocycles. The van der Waals surface area contributed by atoms with E-state index in [1.54, 1.807) is 24.3 Å². The number of esters is 1. The zero-order valence-corrected chi connectivity index (χ0v) is 16.0. The summed E-state index contributed by atoms with van der Waals surface area (Å²) in [6.45, 7) is 1.34. The van der Waals surface area contributed by atoms with Gasteiger partial charge in [0, 0.05) is 16.8 Å². The quantitative estimate of drug-likeness (QED) is 0.423. The van der Waals surface area contributed by atoms with Crippen LogP contribution < -0.4 is 14.8 Å². The molecule has 28 heavy (non-hydrogen) atoms. The molecule has 2 aromatic carbocycles. The number of amides is 1. The van der Waals surface area contributed by atoms with E-state index in [0.717, 1.165) is 12.1 Å². The lowest BCUT2D eigenvalue weighted by atomic mass is 10.1. The number of hydrogen-bond donors (Lipinski definition) is 1. The Morgan fingerprint density at radius 2 is 1.68 bits per heavy atom. The summed E-state index contributed by atoms with van der Waals surface area (Å²) >= 11 is 5.78. The molecule has 1 atom stereocenters. The van der Waals surface area contributed by atoms with Crippen LogP contribution in [0.15, 0.2) is 36.4 Å². The summed E-state index contributed by atoms with van der Waals surface area (Å²) in [5.74, 6) is -1.47. The van der Waals surface area contributed by atoms with Gasteiger partial charge in [-0.2, -0.15) is 0 Å². The van der Waals surface area contributed by atoms with E-state index < -0.39 is 28.6 Å². The van der Waals surface area contributed by atoms with E-state index in [1.165, 1.54) is 21.1 Å².